The zero-order valence-electron chi connectivity index (χ0n) is 8.30. The molecular weight excluding hydrogens is 267 g/mol. The normalized spacial score (nSPS) is 19.8. The second kappa shape index (κ2) is 5.27. The van der Waals surface area contributed by atoms with Crippen LogP contribution in [0.25, 0.3) is 0 Å². The Morgan fingerprint density at radius 1 is 1.44 bits per heavy atom. The summed E-state index contributed by atoms with van der Waals surface area (Å²) < 4.78 is 0. The number of nitrogens with one attached hydrogen (secondary N) is 2. The molecule has 16 heavy (non-hydrogen) atoms. The van der Waals surface area contributed by atoms with Crippen LogP contribution >= 0.6 is 35.0 Å². The first kappa shape index (κ1) is 12.0. The maximum atomic E-state index is 11.8. The second-order valence-corrected chi connectivity index (χ2v) is 5.20. The molecule has 1 aliphatic rings. The Morgan fingerprint density at radius 2 is 2.12 bits per heavy atom. The van der Waals surface area contributed by atoms with Crippen LogP contribution in [0.2, 0.25) is 10.0 Å². The summed E-state index contributed by atoms with van der Waals surface area (Å²) in [6.07, 6.45) is 0. The monoisotopic (exact) mass is 276 g/mol. The molecule has 1 aromatic rings. The predicted molar refractivity (Wildman–Crippen MR) is 69.3 cm³/mol. The molecule has 1 atom stereocenters. The minimum absolute atomic E-state index is 0.0972. The SMILES string of the molecule is O=C(Nc1c(Cl)cccc1Cl)C1CSCN1. The molecule has 0 bridgehead atoms. The lowest BCUT2D eigenvalue weighted by atomic mass is 10.2. The molecule has 3 nitrogen and oxygen atoms in total. The molecule has 1 aliphatic heterocycles. The van der Waals surface area contributed by atoms with Gasteiger partial charge in [-0.15, -0.1) is 11.8 Å². The van der Waals surface area contributed by atoms with Crippen molar-refractivity contribution in [2.24, 2.45) is 0 Å². The minimum atomic E-state index is -0.169. The average molecular weight is 277 g/mol. The van der Waals surface area contributed by atoms with Gasteiger partial charge in [-0.05, 0) is 12.1 Å². The topological polar surface area (TPSA) is 41.1 Å². The molecule has 1 fully saturated rings. The number of anilines is 1. The average Bonchev–Trinajstić information content (AvgIpc) is 2.76. The van der Waals surface area contributed by atoms with E-state index in [1.807, 2.05) is 0 Å². The van der Waals surface area contributed by atoms with Gasteiger partial charge in [0.15, 0.2) is 0 Å². The molecule has 0 radical (unpaired) electrons. The number of carbonyl (C=O) groups excluding carboxylic acids is 1. The number of halogens is 2. The van der Waals surface area contributed by atoms with Crippen LogP contribution in [0.15, 0.2) is 18.2 Å². The van der Waals surface area contributed by atoms with E-state index in [0.717, 1.165) is 11.6 Å². The van der Waals surface area contributed by atoms with Gasteiger partial charge in [0.25, 0.3) is 0 Å². The number of amides is 1. The number of para-hydroxylation sites is 1. The zero-order valence-corrected chi connectivity index (χ0v) is 10.6. The summed E-state index contributed by atoms with van der Waals surface area (Å²) in [5.74, 6) is 1.47. The third-order valence-electron chi connectivity index (χ3n) is 2.24. The highest BCUT2D eigenvalue weighted by Gasteiger charge is 2.23. The summed E-state index contributed by atoms with van der Waals surface area (Å²) >= 11 is 13.6. The highest BCUT2D eigenvalue weighted by Crippen LogP contribution is 2.30. The third-order valence-corrected chi connectivity index (χ3v) is 3.81. The number of carbonyl (C=O) groups is 1. The molecule has 1 aromatic carbocycles. The van der Waals surface area contributed by atoms with Gasteiger partial charge in [-0.25, -0.2) is 0 Å². The van der Waals surface area contributed by atoms with E-state index in [1.54, 1.807) is 30.0 Å². The zero-order chi connectivity index (χ0) is 11.5. The Labute approximate surface area is 108 Å². The van der Waals surface area contributed by atoms with Crippen molar-refractivity contribution < 1.29 is 4.79 Å². The van der Waals surface area contributed by atoms with Crippen molar-refractivity contribution >= 4 is 46.6 Å². The molecule has 6 heteroatoms. The third kappa shape index (κ3) is 2.63. The lowest BCUT2D eigenvalue weighted by Gasteiger charge is -2.12. The van der Waals surface area contributed by atoms with Crippen molar-refractivity contribution in [1.82, 2.24) is 5.32 Å². The van der Waals surface area contributed by atoms with E-state index in [4.69, 9.17) is 23.2 Å². The summed E-state index contributed by atoms with van der Waals surface area (Å²) in [5, 5.41) is 6.72. The van der Waals surface area contributed by atoms with E-state index in [0.29, 0.717) is 15.7 Å². The van der Waals surface area contributed by atoms with Crippen LogP contribution in [0.4, 0.5) is 5.69 Å². The summed E-state index contributed by atoms with van der Waals surface area (Å²) in [6, 6.07) is 4.96. The van der Waals surface area contributed by atoms with Crippen LogP contribution in [0.5, 0.6) is 0 Å². The Bertz CT molecular complexity index is 388. The molecule has 1 saturated heterocycles. The van der Waals surface area contributed by atoms with Gasteiger partial charge in [0.2, 0.25) is 5.91 Å². The van der Waals surface area contributed by atoms with Crippen LogP contribution in [-0.2, 0) is 4.79 Å². The largest absolute Gasteiger partial charge is 0.322 e. The summed E-state index contributed by atoms with van der Waals surface area (Å²) in [6.45, 7) is 0. The first-order valence-corrected chi connectivity index (χ1v) is 6.65. The molecule has 1 amide bonds. The van der Waals surface area contributed by atoms with Crippen molar-refractivity contribution in [2.45, 2.75) is 6.04 Å². The number of rotatable bonds is 2. The summed E-state index contributed by atoms with van der Waals surface area (Å²) in [4.78, 5) is 11.8. The van der Waals surface area contributed by atoms with Crippen molar-refractivity contribution in [3.05, 3.63) is 28.2 Å². The van der Waals surface area contributed by atoms with E-state index in [9.17, 15) is 4.79 Å². The predicted octanol–water partition coefficient (Wildman–Crippen LogP) is 2.59. The van der Waals surface area contributed by atoms with E-state index < -0.39 is 0 Å². The first-order chi connectivity index (χ1) is 7.68. The van der Waals surface area contributed by atoms with E-state index in [1.165, 1.54) is 0 Å². The van der Waals surface area contributed by atoms with Crippen LogP contribution in [-0.4, -0.2) is 23.6 Å². The summed E-state index contributed by atoms with van der Waals surface area (Å²) in [5.41, 5.74) is 0.481. The summed E-state index contributed by atoms with van der Waals surface area (Å²) in [7, 11) is 0. The molecule has 86 valence electrons. The molecule has 0 spiro atoms. The van der Waals surface area contributed by atoms with Crippen LogP contribution in [0, 0.1) is 0 Å². The van der Waals surface area contributed by atoms with Gasteiger partial charge in [0.05, 0.1) is 21.8 Å². The number of benzene rings is 1. The lowest BCUT2D eigenvalue weighted by Crippen LogP contribution is -2.37. The fourth-order valence-electron chi connectivity index (χ4n) is 1.39. The first-order valence-electron chi connectivity index (χ1n) is 4.74. The molecule has 2 rings (SSSR count). The van der Waals surface area contributed by atoms with Crippen LogP contribution in [0.3, 0.4) is 0 Å². The van der Waals surface area contributed by atoms with Gasteiger partial charge in [0, 0.05) is 11.6 Å². The lowest BCUT2D eigenvalue weighted by molar-refractivity contribution is -0.117. The van der Waals surface area contributed by atoms with Crippen LogP contribution in [0.1, 0.15) is 0 Å². The Hall–Kier alpha value is -0.420. The molecule has 1 heterocycles. The van der Waals surface area contributed by atoms with Gasteiger partial charge >= 0.3 is 0 Å². The standard InChI is InChI=1S/C10H10Cl2N2OS/c11-6-2-1-3-7(12)9(6)14-10(15)8-4-16-5-13-8/h1-3,8,13H,4-5H2,(H,14,15). The van der Waals surface area contributed by atoms with Gasteiger partial charge in [-0.1, -0.05) is 29.3 Å². The van der Waals surface area contributed by atoms with Crippen LogP contribution < -0.4 is 10.6 Å². The maximum absolute atomic E-state index is 11.8. The Kier molecular flexibility index (Phi) is 3.97. The van der Waals surface area contributed by atoms with Crippen molar-refractivity contribution in [3.63, 3.8) is 0 Å². The van der Waals surface area contributed by atoms with E-state index in [-0.39, 0.29) is 11.9 Å². The highest BCUT2D eigenvalue weighted by atomic mass is 35.5. The van der Waals surface area contributed by atoms with Gasteiger partial charge in [-0.2, -0.15) is 0 Å². The molecule has 2 N–H and O–H groups in total. The number of thioether (sulfide) groups is 1. The van der Waals surface area contributed by atoms with E-state index in [2.05, 4.69) is 10.6 Å². The minimum Gasteiger partial charge on any atom is -0.322 e. The molecule has 1 unspecified atom stereocenters. The second-order valence-electron chi connectivity index (χ2n) is 3.36. The van der Waals surface area contributed by atoms with E-state index >= 15 is 0 Å². The quantitative estimate of drug-likeness (QED) is 0.873. The molecule has 0 aliphatic carbocycles. The smallest absolute Gasteiger partial charge is 0.242 e. The van der Waals surface area contributed by atoms with Crippen molar-refractivity contribution in [2.75, 3.05) is 16.9 Å². The Balaban J connectivity index is 2.11. The maximum Gasteiger partial charge on any atom is 0.242 e. The number of hydrogen-bond acceptors (Lipinski definition) is 3. The van der Waals surface area contributed by atoms with Crippen molar-refractivity contribution in [3.8, 4) is 0 Å². The molecule has 0 saturated carbocycles. The van der Waals surface area contributed by atoms with Crippen molar-refractivity contribution in [1.29, 1.82) is 0 Å². The van der Waals surface area contributed by atoms with Gasteiger partial charge in [-0.3, -0.25) is 10.1 Å². The highest BCUT2D eigenvalue weighted by molar-refractivity contribution is 7.99. The Morgan fingerprint density at radius 3 is 2.69 bits per heavy atom. The van der Waals surface area contributed by atoms with Gasteiger partial charge in [0.1, 0.15) is 0 Å². The van der Waals surface area contributed by atoms with Gasteiger partial charge < -0.3 is 5.32 Å². The number of hydrogen-bond donors (Lipinski definition) is 2. The fourth-order valence-corrected chi connectivity index (χ4v) is 2.82. The molecule has 0 aromatic heterocycles. The molecular formula is C10H10Cl2N2OS. The fraction of sp³-hybridized carbons (Fsp3) is 0.300.